The summed E-state index contributed by atoms with van der Waals surface area (Å²) in [4.78, 5) is 27.9. The van der Waals surface area contributed by atoms with Crippen molar-refractivity contribution in [3.8, 4) is 11.1 Å². The van der Waals surface area contributed by atoms with Crippen LogP contribution < -0.4 is 5.32 Å². The lowest BCUT2D eigenvalue weighted by Crippen LogP contribution is -2.58. The molecule has 29 heavy (non-hydrogen) atoms. The number of ether oxygens (including phenoxy) is 1. The van der Waals surface area contributed by atoms with Crippen molar-refractivity contribution >= 4 is 11.7 Å². The van der Waals surface area contributed by atoms with E-state index in [1.165, 1.54) is 0 Å². The fourth-order valence-electron chi connectivity index (χ4n) is 4.35. The predicted molar refractivity (Wildman–Crippen MR) is 113 cm³/mol. The second-order valence-electron chi connectivity index (χ2n) is 8.79. The first-order valence-corrected chi connectivity index (χ1v) is 10.2. The first-order chi connectivity index (χ1) is 13.8. The van der Waals surface area contributed by atoms with Crippen LogP contribution in [0.5, 0.6) is 0 Å². The Hall–Kier alpha value is -2.50. The van der Waals surface area contributed by atoms with Gasteiger partial charge in [-0.05, 0) is 51.0 Å². The van der Waals surface area contributed by atoms with Gasteiger partial charge in [0.05, 0.1) is 12.2 Å². The summed E-state index contributed by atoms with van der Waals surface area (Å²) in [6.07, 6.45) is 0.358. The molecule has 5 nitrogen and oxygen atoms in total. The van der Waals surface area contributed by atoms with Crippen molar-refractivity contribution in [3.63, 3.8) is 0 Å². The number of carbonyl (C=O) groups excluding carboxylic acids is 2. The summed E-state index contributed by atoms with van der Waals surface area (Å²) in [5.41, 5.74) is 3.48. The van der Waals surface area contributed by atoms with Crippen LogP contribution in [0.25, 0.3) is 11.1 Å². The molecule has 2 aromatic carbocycles. The molecule has 0 saturated carbocycles. The van der Waals surface area contributed by atoms with Crippen LogP contribution in [0, 0.1) is 0 Å². The van der Waals surface area contributed by atoms with Gasteiger partial charge in [0.25, 0.3) is 5.91 Å². The number of ketones is 1. The van der Waals surface area contributed by atoms with Gasteiger partial charge >= 0.3 is 0 Å². The highest BCUT2D eigenvalue weighted by Gasteiger charge is 2.33. The monoisotopic (exact) mass is 392 g/mol. The number of fused-ring (bicyclic) bond motifs is 3. The molecule has 1 saturated heterocycles. The van der Waals surface area contributed by atoms with E-state index in [-0.39, 0.29) is 29.4 Å². The lowest BCUT2D eigenvalue weighted by atomic mass is 9.99. The Kier molecular flexibility index (Phi) is 5.05. The summed E-state index contributed by atoms with van der Waals surface area (Å²) in [7, 11) is 0. The minimum Gasteiger partial charge on any atom is -0.373 e. The van der Waals surface area contributed by atoms with Gasteiger partial charge < -0.3 is 10.1 Å². The summed E-state index contributed by atoms with van der Waals surface area (Å²) in [5, 5.41) is 3.06. The molecule has 152 valence electrons. The van der Waals surface area contributed by atoms with Crippen molar-refractivity contribution in [1.82, 2.24) is 10.2 Å². The van der Waals surface area contributed by atoms with Gasteiger partial charge in [0.1, 0.15) is 0 Å². The molecule has 1 amide bonds. The molecule has 1 heterocycles. The molecule has 4 rings (SSSR count). The first-order valence-electron chi connectivity index (χ1n) is 10.2. The highest BCUT2D eigenvalue weighted by Crippen LogP contribution is 2.36. The zero-order valence-electron chi connectivity index (χ0n) is 17.5. The Labute approximate surface area is 172 Å². The molecule has 0 radical (unpaired) electrons. The highest BCUT2D eigenvalue weighted by atomic mass is 16.5. The molecule has 1 fully saturated rings. The Morgan fingerprint density at radius 1 is 1.03 bits per heavy atom. The van der Waals surface area contributed by atoms with Gasteiger partial charge in [0.15, 0.2) is 5.78 Å². The van der Waals surface area contributed by atoms with Crippen molar-refractivity contribution in [2.24, 2.45) is 0 Å². The molecule has 0 bridgehead atoms. The van der Waals surface area contributed by atoms with Crippen LogP contribution in [-0.4, -0.2) is 54.0 Å². The van der Waals surface area contributed by atoms with Crippen molar-refractivity contribution in [3.05, 3.63) is 59.2 Å². The SMILES string of the molecule is C[C@@H]1CN(C(C)(C)CNC(=O)c2ccc3c(c2)C(=O)c2ccccc2-3)C[C@@H](C)O1. The van der Waals surface area contributed by atoms with E-state index in [4.69, 9.17) is 4.74 Å². The lowest BCUT2D eigenvalue weighted by molar-refractivity contribution is -0.0948. The van der Waals surface area contributed by atoms with Gasteiger partial charge in [-0.2, -0.15) is 0 Å². The minimum absolute atomic E-state index is 0.0122. The summed E-state index contributed by atoms with van der Waals surface area (Å²) in [6, 6.07) is 13.0. The van der Waals surface area contributed by atoms with Crippen molar-refractivity contribution in [2.75, 3.05) is 19.6 Å². The summed E-state index contributed by atoms with van der Waals surface area (Å²) >= 11 is 0. The molecule has 1 aliphatic carbocycles. The molecule has 0 spiro atoms. The van der Waals surface area contributed by atoms with Gasteiger partial charge in [-0.3, -0.25) is 14.5 Å². The molecule has 1 N–H and O–H groups in total. The van der Waals surface area contributed by atoms with Crippen molar-refractivity contribution in [1.29, 1.82) is 0 Å². The number of hydrogen-bond acceptors (Lipinski definition) is 4. The summed E-state index contributed by atoms with van der Waals surface area (Å²) in [6.45, 7) is 10.7. The number of rotatable bonds is 4. The van der Waals surface area contributed by atoms with Gasteiger partial charge in [0.2, 0.25) is 0 Å². The van der Waals surface area contributed by atoms with E-state index in [1.54, 1.807) is 12.1 Å². The van der Waals surface area contributed by atoms with E-state index in [9.17, 15) is 9.59 Å². The maximum absolute atomic E-state index is 12.8. The molecule has 0 aromatic heterocycles. The number of hydrogen-bond donors (Lipinski definition) is 1. The Morgan fingerprint density at radius 3 is 2.34 bits per heavy atom. The van der Waals surface area contributed by atoms with Gasteiger partial charge in [-0.15, -0.1) is 0 Å². The zero-order valence-corrected chi connectivity index (χ0v) is 17.5. The third-order valence-electron chi connectivity index (χ3n) is 5.95. The smallest absolute Gasteiger partial charge is 0.251 e. The molecular weight excluding hydrogens is 364 g/mol. The van der Waals surface area contributed by atoms with E-state index in [2.05, 4.69) is 37.9 Å². The molecule has 0 unspecified atom stereocenters. The second-order valence-corrected chi connectivity index (χ2v) is 8.79. The van der Waals surface area contributed by atoms with E-state index in [0.717, 1.165) is 24.2 Å². The molecule has 2 aromatic rings. The summed E-state index contributed by atoms with van der Waals surface area (Å²) < 4.78 is 5.82. The predicted octanol–water partition coefficient (Wildman–Crippen LogP) is 3.52. The van der Waals surface area contributed by atoms with Crippen LogP contribution in [0.3, 0.4) is 0 Å². The number of carbonyl (C=O) groups is 2. The maximum Gasteiger partial charge on any atom is 0.251 e. The standard InChI is InChI=1S/C24H28N2O3/c1-15-12-26(13-16(2)29-15)24(3,4)14-25-23(28)17-9-10-19-18-7-5-6-8-20(18)22(27)21(19)11-17/h5-11,15-16H,12-14H2,1-4H3,(H,25,28)/t15-,16-/m1/s1. The number of amides is 1. The minimum atomic E-state index is -0.190. The molecule has 1 aliphatic heterocycles. The second kappa shape index (κ2) is 7.39. The van der Waals surface area contributed by atoms with Crippen molar-refractivity contribution < 1.29 is 14.3 Å². The van der Waals surface area contributed by atoms with Crippen molar-refractivity contribution in [2.45, 2.75) is 45.4 Å². The van der Waals surface area contributed by atoms with E-state index in [1.807, 2.05) is 30.3 Å². The van der Waals surface area contributed by atoms with Crippen LogP contribution in [0.4, 0.5) is 0 Å². The third kappa shape index (κ3) is 3.72. The Balaban J connectivity index is 1.47. The van der Waals surface area contributed by atoms with Crippen LogP contribution >= 0.6 is 0 Å². The molecular formula is C24H28N2O3. The number of morpholine rings is 1. The molecule has 5 heteroatoms. The van der Waals surface area contributed by atoms with E-state index >= 15 is 0 Å². The lowest BCUT2D eigenvalue weighted by Gasteiger charge is -2.45. The van der Waals surface area contributed by atoms with Gasteiger partial charge in [0, 0.05) is 41.9 Å². The Morgan fingerprint density at radius 2 is 1.66 bits per heavy atom. The molecule has 2 aliphatic rings. The average Bonchev–Trinajstić information content (AvgIpc) is 2.98. The van der Waals surface area contributed by atoms with Crippen LogP contribution in [0.2, 0.25) is 0 Å². The summed E-state index contributed by atoms with van der Waals surface area (Å²) in [5.74, 6) is -0.166. The molecule has 2 atom stereocenters. The van der Waals surface area contributed by atoms with Crippen LogP contribution in [0.1, 0.15) is 54.0 Å². The number of nitrogens with zero attached hydrogens (tertiary/aromatic N) is 1. The largest absolute Gasteiger partial charge is 0.373 e. The van der Waals surface area contributed by atoms with E-state index in [0.29, 0.717) is 23.2 Å². The van der Waals surface area contributed by atoms with Crippen LogP contribution in [0.15, 0.2) is 42.5 Å². The topological polar surface area (TPSA) is 58.6 Å². The Bertz CT molecular complexity index is 956. The van der Waals surface area contributed by atoms with Gasteiger partial charge in [-0.1, -0.05) is 30.3 Å². The van der Waals surface area contributed by atoms with Crippen LogP contribution in [-0.2, 0) is 4.74 Å². The average molecular weight is 392 g/mol. The number of nitrogens with one attached hydrogen (secondary N) is 1. The maximum atomic E-state index is 12.8. The fourth-order valence-corrected chi connectivity index (χ4v) is 4.35. The fraction of sp³-hybridized carbons (Fsp3) is 0.417. The number of benzene rings is 2. The first kappa shape index (κ1) is 19.8. The highest BCUT2D eigenvalue weighted by molar-refractivity contribution is 6.22. The zero-order chi connectivity index (χ0) is 20.8. The van der Waals surface area contributed by atoms with E-state index < -0.39 is 0 Å². The normalized spacial score (nSPS) is 21.6. The quantitative estimate of drug-likeness (QED) is 0.738. The van der Waals surface area contributed by atoms with Gasteiger partial charge in [-0.25, -0.2) is 0 Å². The third-order valence-corrected chi connectivity index (χ3v) is 5.95.